The number of carbonyl (C=O) groups excluding carboxylic acids is 2. The molecule has 0 fully saturated rings. The van der Waals surface area contributed by atoms with E-state index in [4.69, 9.17) is 0 Å². The number of hydrogen-bond acceptors (Lipinski definition) is 4. The first-order valence-electron chi connectivity index (χ1n) is 12.1. The Bertz CT molecular complexity index is 1100. The van der Waals surface area contributed by atoms with Crippen LogP contribution in [0.15, 0.2) is 48.5 Å². The maximum atomic E-state index is 13.6. The molecule has 0 bridgehead atoms. The van der Waals surface area contributed by atoms with Crippen LogP contribution in [0, 0.1) is 19.8 Å². The van der Waals surface area contributed by atoms with Gasteiger partial charge in [0.05, 0.1) is 11.9 Å². The molecule has 2 aromatic rings. The fourth-order valence-corrected chi connectivity index (χ4v) is 4.65. The molecule has 0 saturated carbocycles. The summed E-state index contributed by atoms with van der Waals surface area (Å²) in [6.45, 7) is 10.2. The van der Waals surface area contributed by atoms with Crippen molar-refractivity contribution in [3.63, 3.8) is 0 Å². The third kappa shape index (κ3) is 8.38. The molecular weight excluding hydrogens is 462 g/mol. The van der Waals surface area contributed by atoms with Gasteiger partial charge < -0.3 is 10.2 Å². The van der Waals surface area contributed by atoms with Gasteiger partial charge in [-0.2, -0.15) is 0 Å². The van der Waals surface area contributed by atoms with Gasteiger partial charge in [-0.3, -0.25) is 13.9 Å². The van der Waals surface area contributed by atoms with Crippen LogP contribution in [0.4, 0.5) is 5.69 Å². The van der Waals surface area contributed by atoms with Gasteiger partial charge in [0.15, 0.2) is 0 Å². The van der Waals surface area contributed by atoms with Crippen molar-refractivity contribution in [3.8, 4) is 0 Å². The fraction of sp³-hybridized carbons (Fsp3) is 0.481. The van der Waals surface area contributed by atoms with E-state index in [-0.39, 0.29) is 18.4 Å². The van der Waals surface area contributed by atoms with Crippen LogP contribution in [0.3, 0.4) is 0 Å². The molecule has 7 nitrogen and oxygen atoms in total. The average molecular weight is 502 g/mol. The molecule has 192 valence electrons. The third-order valence-electron chi connectivity index (χ3n) is 6.01. The Labute approximate surface area is 210 Å². The number of anilines is 1. The van der Waals surface area contributed by atoms with Gasteiger partial charge in [-0.15, -0.1) is 0 Å². The second-order valence-electron chi connectivity index (χ2n) is 9.42. The predicted octanol–water partition coefficient (Wildman–Crippen LogP) is 3.69. The van der Waals surface area contributed by atoms with Crippen LogP contribution >= 0.6 is 0 Å². The highest BCUT2D eigenvalue weighted by Crippen LogP contribution is 2.22. The summed E-state index contributed by atoms with van der Waals surface area (Å²) in [7, 11) is -3.73. The highest BCUT2D eigenvalue weighted by molar-refractivity contribution is 7.92. The zero-order valence-electron chi connectivity index (χ0n) is 21.7. The van der Waals surface area contributed by atoms with E-state index in [0.29, 0.717) is 31.6 Å². The first-order valence-corrected chi connectivity index (χ1v) is 13.9. The zero-order chi connectivity index (χ0) is 26.2. The van der Waals surface area contributed by atoms with E-state index in [2.05, 4.69) is 5.32 Å². The Morgan fingerprint density at radius 2 is 1.66 bits per heavy atom. The lowest BCUT2D eigenvalue weighted by molar-refractivity contribution is -0.139. The lowest BCUT2D eigenvalue weighted by atomic mass is 10.1. The number of amides is 2. The van der Waals surface area contributed by atoms with Crippen molar-refractivity contribution in [1.29, 1.82) is 0 Å². The van der Waals surface area contributed by atoms with Gasteiger partial charge in [0.25, 0.3) is 0 Å². The van der Waals surface area contributed by atoms with E-state index in [1.165, 1.54) is 4.90 Å². The van der Waals surface area contributed by atoms with Crippen molar-refractivity contribution in [2.45, 2.75) is 53.5 Å². The van der Waals surface area contributed by atoms with Crippen LogP contribution < -0.4 is 9.62 Å². The van der Waals surface area contributed by atoms with E-state index >= 15 is 0 Å². The lowest BCUT2D eigenvalue weighted by Gasteiger charge is -2.33. The molecule has 0 spiro atoms. The van der Waals surface area contributed by atoms with Gasteiger partial charge in [0.1, 0.15) is 12.6 Å². The average Bonchev–Trinajstić information content (AvgIpc) is 2.80. The number of sulfonamides is 1. The summed E-state index contributed by atoms with van der Waals surface area (Å²) in [6.07, 6.45) is 2.08. The molecule has 0 aromatic heterocycles. The molecule has 2 amide bonds. The van der Waals surface area contributed by atoms with Gasteiger partial charge in [0, 0.05) is 13.1 Å². The molecule has 1 N–H and O–H groups in total. The Morgan fingerprint density at radius 3 is 2.20 bits per heavy atom. The molecule has 2 rings (SSSR count). The van der Waals surface area contributed by atoms with E-state index in [9.17, 15) is 18.0 Å². The number of carbonyl (C=O) groups is 2. The van der Waals surface area contributed by atoms with Crippen molar-refractivity contribution < 1.29 is 18.0 Å². The largest absolute Gasteiger partial charge is 0.354 e. The fourth-order valence-electron chi connectivity index (χ4n) is 3.81. The van der Waals surface area contributed by atoms with Crippen molar-refractivity contribution in [3.05, 3.63) is 65.2 Å². The summed E-state index contributed by atoms with van der Waals surface area (Å²) in [5.41, 5.74) is 3.44. The molecule has 1 unspecified atom stereocenters. The quantitative estimate of drug-likeness (QED) is 0.481. The molecule has 8 heteroatoms. The Morgan fingerprint density at radius 1 is 1.00 bits per heavy atom. The highest BCUT2D eigenvalue weighted by atomic mass is 32.2. The standard InChI is InChI=1S/C27H39N3O4S/c1-7-25(27(32)28-18-20(2)3)29(16-15-23-11-9-8-10-12-23)26(31)19-30(35(6,33)34)24-14-13-21(4)22(5)17-24/h8-14,17,20,25H,7,15-16,18-19H2,1-6H3,(H,28,32). The number of aryl methyl sites for hydroxylation is 2. The molecule has 2 aromatic carbocycles. The van der Waals surface area contributed by atoms with Crippen molar-refractivity contribution in [2.75, 3.05) is 30.2 Å². The summed E-state index contributed by atoms with van der Waals surface area (Å²) in [5, 5.41) is 2.93. The summed E-state index contributed by atoms with van der Waals surface area (Å²) in [4.78, 5) is 28.2. The summed E-state index contributed by atoms with van der Waals surface area (Å²) >= 11 is 0. The maximum Gasteiger partial charge on any atom is 0.244 e. The predicted molar refractivity (Wildman–Crippen MR) is 142 cm³/mol. The molecule has 0 aliphatic carbocycles. The van der Waals surface area contributed by atoms with E-state index in [0.717, 1.165) is 27.3 Å². The molecule has 0 saturated heterocycles. The van der Waals surface area contributed by atoms with Gasteiger partial charge in [-0.1, -0.05) is 57.2 Å². The second kappa shape index (κ2) is 12.7. The maximum absolute atomic E-state index is 13.6. The topological polar surface area (TPSA) is 86.8 Å². The Hall–Kier alpha value is -2.87. The number of hydrogen-bond donors (Lipinski definition) is 1. The summed E-state index contributed by atoms with van der Waals surface area (Å²) < 4.78 is 26.5. The number of nitrogens with one attached hydrogen (secondary N) is 1. The second-order valence-corrected chi connectivity index (χ2v) is 11.3. The monoisotopic (exact) mass is 501 g/mol. The summed E-state index contributed by atoms with van der Waals surface area (Å²) in [6, 6.07) is 14.4. The van der Waals surface area contributed by atoms with Crippen LogP contribution in [-0.4, -0.2) is 57.1 Å². The van der Waals surface area contributed by atoms with Gasteiger partial charge in [-0.25, -0.2) is 8.42 Å². The van der Waals surface area contributed by atoms with Crippen molar-refractivity contribution in [1.82, 2.24) is 10.2 Å². The molecule has 0 radical (unpaired) electrons. The van der Waals surface area contributed by atoms with Crippen molar-refractivity contribution in [2.24, 2.45) is 5.92 Å². The van der Waals surface area contributed by atoms with E-state index in [1.54, 1.807) is 12.1 Å². The summed E-state index contributed by atoms with van der Waals surface area (Å²) in [5.74, 6) is -0.355. The Balaban J connectivity index is 2.36. The smallest absolute Gasteiger partial charge is 0.244 e. The minimum atomic E-state index is -3.73. The normalized spacial score (nSPS) is 12.3. The molecule has 0 aliphatic rings. The molecule has 35 heavy (non-hydrogen) atoms. The van der Waals surface area contributed by atoms with Crippen LogP contribution in [0.25, 0.3) is 0 Å². The molecule has 0 heterocycles. The number of nitrogens with zero attached hydrogens (tertiary/aromatic N) is 2. The highest BCUT2D eigenvalue weighted by Gasteiger charge is 2.31. The SMILES string of the molecule is CCC(C(=O)NCC(C)C)N(CCc1ccccc1)C(=O)CN(c1ccc(C)c(C)c1)S(C)(=O)=O. The van der Waals surface area contributed by atoms with E-state index < -0.39 is 22.0 Å². The minimum Gasteiger partial charge on any atom is -0.354 e. The van der Waals surface area contributed by atoms with Gasteiger partial charge >= 0.3 is 0 Å². The zero-order valence-corrected chi connectivity index (χ0v) is 22.6. The number of benzene rings is 2. The van der Waals surface area contributed by atoms with E-state index in [1.807, 2.05) is 71.0 Å². The minimum absolute atomic E-state index is 0.223. The third-order valence-corrected chi connectivity index (χ3v) is 7.15. The molecule has 0 aliphatic heterocycles. The molecule has 1 atom stereocenters. The van der Waals surface area contributed by atoms with Crippen LogP contribution in [-0.2, 0) is 26.0 Å². The van der Waals surface area contributed by atoms with Crippen LogP contribution in [0.1, 0.15) is 43.9 Å². The lowest BCUT2D eigenvalue weighted by Crippen LogP contribution is -2.53. The Kier molecular flexibility index (Phi) is 10.3. The van der Waals surface area contributed by atoms with Gasteiger partial charge in [-0.05, 0) is 61.4 Å². The molecular formula is C27H39N3O4S. The van der Waals surface area contributed by atoms with Crippen molar-refractivity contribution >= 4 is 27.5 Å². The van der Waals surface area contributed by atoms with Crippen LogP contribution in [0.5, 0.6) is 0 Å². The first-order chi connectivity index (χ1) is 16.4. The number of rotatable bonds is 12. The van der Waals surface area contributed by atoms with Gasteiger partial charge in [0.2, 0.25) is 21.8 Å². The first kappa shape index (κ1) is 28.4. The van der Waals surface area contributed by atoms with Crippen LogP contribution in [0.2, 0.25) is 0 Å².